The second kappa shape index (κ2) is 8.62. The highest BCUT2D eigenvalue weighted by molar-refractivity contribution is 6.17. The molecule has 1 aliphatic rings. The fraction of sp³-hybridized carbons (Fsp3) is 0.923. The summed E-state index contributed by atoms with van der Waals surface area (Å²) in [6, 6.07) is 0. The molecule has 0 spiro atoms. The molecule has 1 rings (SSSR count). The van der Waals surface area contributed by atoms with Crippen LogP contribution >= 0.6 is 11.6 Å². The minimum atomic E-state index is -0.131. The predicted octanol–water partition coefficient (Wildman–Crippen LogP) is 3.65. The molecule has 1 aliphatic heterocycles. The number of rotatable bonds is 6. The minimum absolute atomic E-state index is 0.131. The molecule has 0 aromatic carbocycles. The molecule has 0 radical (unpaired) electrons. The highest BCUT2D eigenvalue weighted by Crippen LogP contribution is 2.16. The second-order valence-electron chi connectivity index (χ2n) is 4.91. The maximum Gasteiger partial charge on any atom is 0.409 e. The Bertz CT molecular complexity index is 223. The van der Waals surface area contributed by atoms with Crippen LogP contribution in [-0.2, 0) is 4.74 Å². The van der Waals surface area contributed by atoms with E-state index in [2.05, 4.69) is 6.92 Å². The van der Waals surface area contributed by atoms with Crippen LogP contribution in [0.25, 0.3) is 0 Å². The van der Waals surface area contributed by atoms with Gasteiger partial charge in [-0.1, -0.05) is 19.8 Å². The number of hydrogen-bond acceptors (Lipinski definition) is 2. The fourth-order valence-corrected chi connectivity index (χ4v) is 2.35. The molecule has 17 heavy (non-hydrogen) atoms. The van der Waals surface area contributed by atoms with Crippen molar-refractivity contribution in [3.05, 3.63) is 0 Å². The van der Waals surface area contributed by atoms with E-state index >= 15 is 0 Å². The molecule has 1 heterocycles. The van der Waals surface area contributed by atoms with Gasteiger partial charge in [-0.25, -0.2) is 4.79 Å². The molecule has 0 aromatic rings. The third-order valence-corrected chi connectivity index (χ3v) is 3.44. The van der Waals surface area contributed by atoms with E-state index in [1.165, 1.54) is 6.42 Å². The number of likely N-dealkylation sites (tertiary alicyclic amines) is 1. The van der Waals surface area contributed by atoms with Crippen LogP contribution in [0, 0.1) is 5.92 Å². The van der Waals surface area contributed by atoms with Crippen LogP contribution in [0.15, 0.2) is 0 Å². The van der Waals surface area contributed by atoms with Crippen LogP contribution in [-0.4, -0.2) is 36.6 Å². The maximum atomic E-state index is 11.7. The van der Waals surface area contributed by atoms with Gasteiger partial charge >= 0.3 is 6.09 Å². The predicted molar refractivity (Wildman–Crippen MR) is 70.5 cm³/mol. The Morgan fingerprint density at radius 3 is 2.82 bits per heavy atom. The lowest BCUT2D eigenvalue weighted by atomic mass is 10.0. The summed E-state index contributed by atoms with van der Waals surface area (Å²) in [6.07, 6.45) is 6.42. The molecule has 0 aliphatic carbocycles. The molecule has 0 saturated carbocycles. The van der Waals surface area contributed by atoms with E-state index in [0.29, 0.717) is 12.5 Å². The van der Waals surface area contributed by atoms with E-state index in [4.69, 9.17) is 16.3 Å². The highest BCUT2D eigenvalue weighted by Gasteiger charge is 2.21. The van der Waals surface area contributed by atoms with Gasteiger partial charge in [-0.3, -0.25) is 0 Å². The minimum Gasteiger partial charge on any atom is -0.449 e. The Kier molecular flexibility index (Phi) is 7.41. The number of amides is 1. The summed E-state index contributed by atoms with van der Waals surface area (Å²) < 4.78 is 5.26. The summed E-state index contributed by atoms with van der Waals surface area (Å²) in [4.78, 5) is 13.6. The van der Waals surface area contributed by atoms with Crippen LogP contribution < -0.4 is 0 Å². The van der Waals surface area contributed by atoms with Crippen LogP contribution in [0.3, 0.4) is 0 Å². The summed E-state index contributed by atoms with van der Waals surface area (Å²) in [5, 5.41) is 0. The Balaban J connectivity index is 2.04. The van der Waals surface area contributed by atoms with Crippen molar-refractivity contribution in [1.82, 2.24) is 4.90 Å². The number of piperidine rings is 1. The summed E-state index contributed by atoms with van der Waals surface area (Å²) in [7, 11) is 0. The highest BCUT2D eigenvalue weighted by atomic mass is 35.5. The first-order valence-corrected chi connectivity index (χ1v) is 7.25. The molecule has 1 unspecified atom stereocenters. The Hall–Kier alpha value is -0.440. The average Bonchev–Trinajstić information content (AvgIpc) is 2.33. The Morgan fingerprint density at radius 1 is 1.35 bits per heavy atom. The van der Waals surface area contributed by atoms with Gasteiger partial charge in [0.15, 0.2) is 0 Å². The van der Waals surface area contributed by atoms with Gasteiger partial charge in [0.25, 0.3) is 0 Å². The number of unbranched alkanes of at least 4 members (excludes halogenated alkanes) is 3. The first-order chi connectivity index (χ1) is 8.24. The number of ether oxygens (including phenoxy) is 1. The van der Waals surface area contributed by atoms with Gasteiger partial charge in [-0.15, -0.1) is 11.6 Å². The van der Waals surface area contributed by atoms with Crippen molar-refractivity contribution in [3.8, 4) is 0 Å². The number of alkyl halides is 1. The first-order valence-electron chi connectivity index (χ1n) is 6.71. The molecule has 1 fully saturated rings. The van der Waals surface area contributed by atoms with Gasteiger partial charge in [0.2, 0.25) is 0 Å². The summed E-state index contributed by atoms with van der Waals surface area (Å²) in [6.45, 7) is 4.44. The van der Waals surface area contributed by atoms with Gasteiger partial charge in [-0.2, -0.15) is 0 Å². The molecule has 4 heteroatoms. The molecule has 3 nitrogen and oxygen atoms in total. The topological polar surface area (TPSA) is 29.5 Å². The number of halogens is 1. The van der Waals surface area contributed by atoms with Gasteiger partial charge in [0.05, 0.1) is 6.61 Å². The van der Waals surface area contributed by atoms with E-state index < -0.39 is 0 Å². The van der Waals surface area contributed by atoms with Gasteiger partial charge in [0.1, 0.15) is 0 Å². The smallest absolute Gasteiger partial charge is 0.409 e. The molecule has 1 amide bonds. The quantitative estimate of drug-likeness (QED) is 0.540. The first kappa shape index (κ1) is 14.6. The molecule has 0 N–H and O–H groups in total. The fourth-order valence-electron chi connectivity index (χ4n) is 2.16. The lowest BCUT2D eigenvalue weighted by molar-refractivity contribution is 0.0850. The SMILES string of the molecule is CC1CCCN(C(=O)OCCCCCCCl)C1. The summed E-state index contributed by atoms with van der Waals surface area (Å²) >= 11 is 5.59. The lowest BCUT2D eigenvalue weighted by Crippen LogP contribution is -2.39. The average molecular weight is 262 g/mol. The lowest BCUT2D eigenvalue weighted by Gasteiger charge is -2.30. The molecule has 100 valence electrons. The van der Waals surface area contributed by atoms with Crippen LogP contribution in [0.2, 0.25) is 0 Å². The van der Waals surface area contributed by atoms with E-state index in [0.717, 1.165) is 51.1 Å². The van der Waals surface area contributed by atoms with Crippen LogP contribution in [0.5, 0.6) is 0 Å². The van der Waals surface area contributed by atoms with Crippen molar-refractivity contribution >= 4 is 17.7 Å². The van der Waals surface area contributed by atoms with Crippen molar-refractivity contribution in [2.75, 3.05) is 25.6 Å². The van der Waals surface area contributed by atoms with Gasteiger partial charge in [0, 0.05) is 19.0 Å². The largest absolute Gasteiger partial charge is 0.449 e. The molecule has 0 aromatic heterocycles. The van der Waals surface area contributed by atoms with E-state index in [-0.39, 0.29) is 6.09 Å². The Morgan fingerprint density at radius 2 is 2.12 bits per heavy atom. The molecule has 1 atom stereocenters. The monoisotopic (exact) mass is 261 g/mol. The molecule has 0 bridgehead atoms. The van der Waals surface area contributed by atoms with Crippen molar-refractivity contribution < 1.29 is 9.53 Å². The molecule has 1 saturated heterocycles. The van der Waals surface area contributed by atoms with Crippen LogP contribution in [0.4, 0.5) is 4.79 Å². The van der Waals surface area contributed by atoms with Crippen molar-refractivity contribution in [3.63, 3.8) is 0 Å². The third-order valence-electron chi connectivity index (χ3n) is 3.17. The van der Waals surface area contributed by atoms with Gasteiger partial charge < -0.3 is 9.64 Å². The van der Waals surface area contributed by atoms with E-state index in [9.17, 15) is 4.79 Å². The Labute approximate surface area is 109 Å². The number of carbonyl (C=O) groups excluding carboxylic acids is 1. The van der Waals surface area contributed by atoms with Crippen LogP contribution in [0.1, 0.15) is 45.4 Å². The maximum absolute atomic E-state index is 11.7. The summed E-state index contributed by atoms with van der Waals surface area (Å²) in [5.74, 6) is 1.34. The van der Waals surface area contributed by atoms with Crippen molar-refractivity contribution in [1.29, 1.82) is 0 Å². The number of carbonyl (C=O) groups is 1. The van der Waals surface area contributed by atoms with Crippen molar-refractivity contribution in [2.45, 2.75) is 45.4 Å². The van der Waals surface area contributed by atoms with Crippen molar-refractivity contribution in [2.24, 2.45) is 5.92 Å². The molecular weight excluding hydrogens is 238 g/mol. The zero-order valence-electron chi connectivity index (χ0n) is 10.8. The standard InChI is InChI=1S/C13H24ClNO2/c1-12-7-6-9-15(11-12)13(16)17-10-5-3-2-4-8-14/h12H,2-11H2,1H3. The number of hydrogen-bond donors (Lipinski definition) is 0. The third kappa shape index (κ3) is 6.16. The summed E-state index contributed by atoms with van der Waals surface area (Å²) in [5.41, 5.74) is 0. The zero-order chi connectivity index (χ0) is 12.5. The normalized spacial score (nSPS) is 20.4. The number of nitrogens with zero attached hydrogens (tertiary/aromatic N) is 1. The molecular formula is C13H24ClNO2. The van der Waals surface area contributed by atoms with E-state index in [1.807, 2.05) is 4.90 Å². The second-order valence-corrected chi connectivity index (χ2v) is 5.29. The van der Waals surface area contributed by atoms with Gasteiger partial charge in [-0.05, 0) is 31.6 Å². The zero-order valence-corrected chi connectivity index (χ0v) is 11.5. The van der Waals surface area contributed by atoms with E-state index in [1.54, 1.807) is 0 Å².